The maximum atomic E-state index is 12.4. The van der Waals surface area contributed by atoms with Crippen molar-refractivity contribution in [2.24, 2.45) is 0 Å². The van der Waals surface area contributed by atoms with Crippen LogP contribution >= 0.6 is 0 Å². The van der Waals surface area contributed by atoms with Gasteiger partial charge in [-0.25, -0.2) is 0 Å². The van der Waals surface area contributed by atoms with Crippen LogP contribution in [-0.2, 0) is 0 Å². The molecule has 0 N–H and O–H groups in total. The fraction of sp³-hybridized carbons (Fsp3) is 0. The first-order valence-corrected chi connectivity index (χ1v) is 16.8. The Labute approximate surface area is 273 Å². The molecule has 0 radical (unpaired) electrons. The zero-order valence-corrected chi connectivity index (χ0v) is 26.4. The molecule has 9 aromatic rings. The summed E-state index contributed by atoms with van der Waals surface area (Å²) in [6, 6.07) is 43.4. The molecule has 0 unspecified atom stereocenters. The van der Waals surface area contributed by atoms with Crippen molar-refractivity contribution in [3.05, 3.63) is 154 Å². The van der Waals surface area contributed by atoms with Crippen LogP contribution in [0.15, 0.2) is 133 Å². The fourth-order valence-corrected chi connectivity index (χ4v) is 10.0. The van der Waals surface area contributed by atoms with E-state index >= 15 is 0 Å². The summed E-state index contributed by atoms with van der Waals surface area (Å²) in [7, 11) is 0. The SMILES string of the molecule is O=[N+]([O-])c1c2ccccc2c(-c2ccc3c(c2)[se]c2c(-c4c5ccccc5c([N+](=O)[O-])c5ccccc45)cccc23)c2ccccc12. The fourth-order valence-electron chi connectivity index (χ4n) is 7.36. The molecule has 0 spiro atoms. The van der Waals surface area contributed by atoms with E-state index in [2.05, 4.69) is 36.4 Å². The van der Waals surface area contributed by atoms with Crippen LogP contribution < -0.4 is 0 Å². The van der Waals surface area contributed by atoms with Gasteiger partial charge in [0.25, 0.3) is 0 Å². The maximum absolute atomic E-state index is 12.4. The zero-order valence-electron chi connectivity index (χ0n) is 24.6. The van der Waals surface area contributed by atoms with E-state index in [1.54, 1.807) is 0 Å². The summed E-state index contributed by atoms with van der Waals surface area (Å²) in [5.74, 6) is 0. The first kappa shape index (κ1) is 27.4. The molecule has 0 bridgehead atoms. The summed E-state index contributed by atoms with van der Waals surface area (Å²) < 4.78 is 2.48. The second-order valence-corrected chi connectivity index (χ2v) is 13.8. The Morgan fingerprint density at radius 2 is 0.851 bits per heavy atom. The number of hydrogen-bond acceptors (Lipinski definition) is 4. The first-order valence-electron chi connectivity index (χ1n) is 15.1. The average Bonchev–Trinajstić information content (AvgIpc) is 3.47. The summed E-state index contributed by atoms with van der Waals surface area (Å²) in [5, 5.41) is 32.9. The van der Waals surface area contributed by atoms with Crippen LogP contribution in [0.4, 0.5) is 11.4 Å². The van der Waals surface area contributed by atoms with Gasteiger partial charge in [-0.1, -0.05) is 0 Å². The Balaban J connectivity index is 1.35. The zero-order chi connectivity index (χ0) is 31.8. The van der Waals surface area contributed by atoms with Gasteiger partial charge in [-0.3, -0.25) is 0 Å². The molecule has 9 rings (SSSR count). The predicted molar refractivity (Wildman–Crippen MR) is 193 cm³/mol. The normalized spacial score (nSPS) is 11.7. The van der Waals surface area contributed by atoms with Gasteiger partial charge < -0.3 is 0 Å². The number of hydrogen-bond donors (Lipinski definition) is 0. The molecule has 1 aromatic heterocycles. The van der Waals surface area contributed by atoms with Crippen LogP contribution in [0.5, 0.6) is 0 Å². The number of rotatable bonds is 4. The van der Waals surface area contributed by atoms with Crippen LogP contribution in [0.3, 0.4) is 0 Å². The summed E-state index contributed by atoms with van der Waals surface area (Å²) in [4.78, 5) is 24.1. The molecule has 0 saturated heterocycles. The van der Waals surface area contributed by atoms with Crippen molar-refractivity contribution in [3.63, 3.8) is 0 Å². The van der Waals surface area contributed by atoms with Crippen LogP contribution in [0.1, 0.15) is 0 Å². The van der Waals surface area contributed by atoms with Crippen LogP contribution in [0, 0.1) is 20.2 Å². The number of benzene rings is 8. The molecule has 0 atom stereocenters. The van der Waals surface area contributed by atoms with Gasteiger partial charge in [-0.05, 0) is 0 Å². The average molecular weight is 674 g/mol. The Hall–Kier alpha value is -5.88. The van der Waals surface area contributed by atoms with Crippen molar-refractivity contribution in [2.75, 3.05) is 0 Å². The Kier molecular flexibility index (Phi) is 6.03. The van der Waals surface area contributed by atoms with Crippen LogP contribution in [0.25, 0.3) is 84.6 Å². The molecule has 7 heteroatoms. The molecule has 0 amide bonds. The molecule has 0 aliphatic heterocycles. The van der Waals surface area contributed by atoms with Crippen molar-refractivity contribution in [3.8, 4) is 22.3 Å². The van der Waals surface area contributed by atoms with Gasteiger partial charge in [0.1, 0.15) is 0 Å². The minimum atomic E-state index is -0.274. The molecule has 1 heterocycles. The number of nitro groups is 2. The van der Waals surface area contributed by atoms with Gasteiger partial charge in [-0.15, -0.1) is 0 Å². The summed E-state index contributed by atoms with van der Waals surface area (Å²) >= 11 is -0.0619. The van der Waals surface area contributed by atoms with Gasteiger partial charge in [-0.2, -0.15) is 0 Å². The number of nitro benzene ring substituents is 2. The molecule has 0 saturated carbocycles. The third-order valence-electron chi connectivity index (χ3n) is 9.23. The van der Waals surface area contributed by atoms with E-state index < -0.39 is 0 Å². The second kappa shape index (κ2) is 10.3. The van der Waals surface area contributed by atoms with Gasteiger partial charge in [0.2, 0.25) is 0 Å². The van der Waals surface area contributed by atoms with E-state index in [-0.39, 0.29) is 35.7 Å². The predicted octanol–water partition coefficient (Wildman–Crippen LogP) is 10.8. The molecule has 8 aromatic carbocycles. The monoisotopic (exact) mass is 674 g/mol. The van der Waals surface area contributed by atoms with E-state index in [4.69, 9.17) is 0 Å². The van der Waals surface area contributed by atoms with E-state index in [0.717, 1.165) is 43.8 Å². The number of fused-ring (bicyclic) bond motifs is 7. The van der Waals surface area contributed by atoms with E-state index in [9.17, 15) is 20.2 Å². The topological polar surface area (TPSA) is 86.3 Å². The molecular weight excluding hydrogens is 651 g/mol. The molecule has 0 aliphatic carbocycles. The number of non-ortho nitro benzene ring substituents is 2. The van der Waals surface area contributed by atoms with E-state index in [1.807, 2.05) is 97.1 Å². The molecule has 0 fully saturated rings. The molecule has 0 aliphatic rings. The molecule has 6 nitrogen and oxygen atoms in total. The first-order chi connectivity index (χ1) is 23.0. The van der Waals surface area contributed by atoms with Crippen molar-refractivity contribution in [1.29, 1.82) is 0 Å². The van der Waals surface area contributed by atoms with E-state index in [0.29, 0.717) is 21.5 Å². The standard InChI is InChI=1S/C40H22N2O4Se/c43-41(44)38-29-14-5-1-10-25(29)36(26-11-2-6-15-30(26)38)23-20-21-24-33-18-9-19-34(40(33)47-35(24)22-23)37-27-12-3-7-16-31(27)39(42(45)46)32-17-8-4-13-28(32)37/h1-22H. The van der Waals surface area contributed by atoms with Crippen molar-refractivity contribution in [1.82, 2.24) is 0 Å². The Morgan fingerprint density at radius 3 is 1.32 bits per heavy atom. The third-order valence-corrected chi connectivity index (χ3v) is 11.7. The van der Waals surface area contributed by atoms with Crippen molar-refractivity contribution >= 4 is 88.3 Å². The second-order valence-electron chi connectivity index (χ2n) is 11.6. The molecule has 222 valence electrons. The molecule has 47 heavy (non-hydrogen) atoms. The third kappa shape index (κ3) is 3.97. The summed E-state index contributed by atoms with van der Waals surface area (Å²) in [5.41, 5.74) is 4.38. The van der Waals surface area contributed by atoms with Crippen LogP contribution in [0.2, 0.25) is 0 Å². The van der Waals surface area contributed by atoms with Gasteiger partial charge in [0.15, 0.2) is 0 Å². The van der Waals surface area contributed by atoms with Gasteiger partial charge >= 0.3 is 274 Å². The summed E-state index contributed by atoms with van der Waals surface area (Å²) in [6.45, 7) is 0. The van der Waals surface area contributed by atoms with Crippen molar-refractivity contribution in [2.45, 2.75) is 0 Å². The Morgan fingerprint density at radius 1 is 0.426 bits per heavy atom. The van der Waals surface area contributed by atoms with E-state index in [1.165, 1.54) is 19.3 Å². The van der Waals surface area contributed by atoms with Gasteiger partial charge in [0, 0.05) is 0 Å². The quantitative estimate of drug-likeness (QED) is 0.0805. The minimum absolute atomic E-state index is 0.0619. The van der Waals surface area contributed by atoms with Crippen molar-refractivity contribution < 1.29 is 9.85 Å². The summed E-state index contributed by atoms with van der Waals surface area (Å²) in [6.07, 6.45) is 0. The number of nitrogens with zero attached hydrogens (tertiary/aromatic N) is 2. The molecular formula is C40H22N2O4Se. The van der Waals surface area contributed by atoms with Crippen LogP contribution in [-0.4, -0.2) is 24.4 Å². The Bertz CT molecular complexity index is 2710. The van der Waals surface area contributed by atoms with Gasteiger partial charge in [0.05, 0.1) is 0 Å².